The predicted molar refractivity (Wildman–Crippen MR) is 84.5 cm³/mol. The van der Waals surface area contributed by atoms with Crippen LogP contribution in [0.4, 0.5) is 0 Å². The molecule has 0 bridgehead atoms. The van der Waals surface area contributed by atoms with Crippen LogP contribution < -0.4 is 0 Å². The lowest BCUT2D eigenvalue weighted by Crippen LogP contribution is -1.84. The Morgan fingerprint density at radius 2 is 1.58 bits per heavy atom. The van der Waals surface area contributed by atoms with Gasteiger partial charge in [-0.15, -0.1) is 0 Å². The minimum absolute atomic E-state index is 1.02. The van der Waals surface area contributed by atoms with Crippen molar-refractivity contribution in [3.05, 3.63) is 65.3 Å². The Hall–Kier alpha value is -1.93. The van der Waals surface area contributed by atoms with Crippen LogP contribution in [0.5, 0.6) is 0 Å². The molecule has 0 spiro atoms. The van der Waals surface area contributed by atoms with Crippen LogP contribution in [0.2, 0.25) is 0 Å². The van der Waals surface area contributed by atoms with Crippen molar-refractivity contribution in [2.24, 2.45) is 0 Å². The fourth-order valence-corrected chi connectivity index (χ4v) is 3.32. The van der Waals surface area contributed by atoms with E-state index in [0.29, 0.717) is 0 Å². The van der Waals surface area contributed by atoms with E-state index in [1.165, 1.54) is 26.9 Å². The van der Waals surface area contributed by atoms with Crippen molar-refractivity contribution in [2.45, 2.75) is 0 Å². The molecule has 0 aliphatic heterocycles. The number of fused-ring (bicyclic) bond motifs is 4. The predicted octanol–water partition coefficient (Wildman–Crippen LogP) is 5.30. The first-order valence-corrected chi connectivity index (χ1v) is 6.98. The number of aromatic nitrogens is 1. The van der Waals surface area contributed by atoms with Crippen molar-refractivity contribution in [1.29, 1.82) is 0 Å². The van der Waals surface area contributed by atoms with E-state index in [1.54, 1.807) is 0 Å². The second-order valence-corrected chi connectivity index (χ2v) is 5.44. The minimum Gasteiger partial charge on any atom is -0.255 e. The molecule has 0 radical (unpaired) electrons. The van der Waals surface area contributed by atoms with E-state index in [0.717, 1.165) is 9.99 Å². The summed E-state index contributed by atoms with van der Waals surface area (Å²) in [6.45, 7) is 0. The topological polar surface area (TPSA) is 12.9 Å². The Bertz CT molecular complexity index is 928. The van der Waals surface area contributed by atoms with E-state index < -0.39 is 0 Å². The van der Waals surface area contributed by atoms with Gasteiger partial charge in [-0.1, -0.05) is 42.5 Å². The number of pyridine rings is 1. The SMILES string of the molecule is Brc1c2ccc3ccccc3c2cc2cccnc12. The first kappa shape index (κ1) is 10.9. The number of halogens is 1. The zero-order valence-corrected chi connectivity index (χ0v) is 11.7. The summed E-state index contributed by atoms with van der Waals surface area (Å²) < 4.78 is 1.08. The molecule has 1 aromatic heterocycles. The number of benzene rings is 3. The quantitative estimate of drug-likeness (QED) is 0.317. The van der Waals surface area contributed by atoms with Gasteiger partial charge in [-0.05, 0) is 49.6 Å². The molecule has 0 unspecified atom stereocenters. The summed E-state index contributed by atoms with van der Waals surface area (Å²) in [5, 5.41) is 6.20. The van der Waals surface area contributed by atoms with Crippen molar-refractivity contribution < 1.29 is 0 Å². The van der Waals surface area contributed by atoms with E-state index >= 15 is 0 Å². The molecule has 0 atom stereocenters. The molecule has 2 heteroatoms. The number of nitrogens with zero attached hydrogens (tertiary/aromatic N) is 1. The van der Waals surface area contributed by atoms with E-state index in [1.807, 2.05) is 12.3 Å². The zero-order valence-electron chi connectivity index (χ0n) is 10.1. The molecule has 0 saturated heterocycles. The first-order chi connectivity index (χ1) is 9.34. The van der Waals surface area contributed by atoms with Gasteiger partial charge in [0, 0.05) is 11.6 Å². The van der Waals surface area contributed by atoms with E-state index in [9.17, 15) is 0 Å². The molecule has 1 nitrogen and oxygen atoms in total. The Kier molecular flexibility index (Phi) is 2.32. The highest BCUT2D eigenvalue weighted by Gasteiger charge is 2.08. The van der Waals surface area contributed by atoms with Gasteiger partial charge in [0.25, 0.3) is 0 Å². The third-order valence-electron chi connectivity index (χ3n) is 3.55. The minimum atomic E-state index is 1.02. The van der Waals surface area contributed by atoms with Crippen LogP contribution in [0.1, 0.15) is 0 Å². The third-order valence-corrected chi connectivity index (χ3v) is 4.36. The average Bonchev–Trinajstić information content (AvgIpc) is 2.47. The second kappa shape index (κ2) is 4.04. The summed E-state index contributed by atoms with van der Waals surface area (Å²) in [6.07, 6.45) is 1.83. The van der Waals surface area contributed by atoms with Gasteiger partial charge in [0.05, 0.1) is 9.99 Å². The van der Waals surface area contributed by atoms with Crippen molar-refractivity contribution in [2.75, 3.05) is 0 Å². The lowest BCUT2D eigenvalue weighted by molar-refractivity contribution is 1.41. The largest absolute Gasteiger partial charge is 0.255 e. The number of hydrogen-bond donors (Lipinski definition) is 0. The van der Waals surface area contributed by atoms with Crippen LogP contribution in [-0.4, -0.2) is 4.98 Å². The van der Waals surface area contributed by atoms with Crippen molar-refractivity contribution in [1.82, 2.24) is 4.98 Å². The Morgan fingerprint density at radius 1 is 0.737 bits per heavy atom. The van der Waals surface area contributed by atoms with Gasteiger partial charge in [0.2, 0.25) is 0 Å². The van der Waals surface area contributed by atoms with Gasteiger partial charge in [-0.2, -0.15) is 0 Å². The molecule has 0 aliphatic carbocycles. The monoisotopic (exact) mass is 307 g/mol. The van der Waals surface area contributed by atoms with Crippen LogP contribution in [0, 0.1) is 0 Å². The zero-order chi connectivity index (χ0) is 12.8. The maximum absolute atomic E-state index is 4.46. The molecule has 19 heavy (non-hydrogen) atoms. The lowest BCUT2D eigenvalue weighted by Gasteiger charge is -2.08. The van der Waals surface area contributed by atoms with Crippen LogP contribution in [-0.2, 0) is 0 Å². The summed E-state index contributed by atoms with van der Waals surface area (Å²) in [5.41, 5.74) is 1.02. The van der Waals surface area contributed by atoms with Crippen molar-refractivity contribution in [3.63, 3.8) is 0 Å². The first-order valence-electron chi connectivity index (χ1n) is 6.19. The van der Waals surface area contributed by atoms with Gasteiger partial charge in [0.15, 0.2) is 0 Å². The molecule has 4 rings (SSSR count). The summed E-state index contributed by atoms with van der Waals surface area (Å²) in [7, 11) is 0. The van der Waals surface area contributed by atoms with E-state index in [-0.39, 0.29) is 0 Å². The Labute approximate surface area is 119 Å². The molecule has 0 aliphatic rings. The maximum atomic E-state index is 4.46. The smallest absolute Gasteiger partial charge is 0.0850 e. The van der Waals surface area contributed by atoms with Gasteiger partial charge in [-0.3, -0.25) is 4.98 Å². The van der Waals surface area contributed by atoms with E-state index in [4.69, 9.17) is 0 Å². The molecular weight excluding hydrogens is 298 g/mol. The Morgan fingerprint density at radius 3 is 2.53 bits per heavy atom. The van der Waals surface area contributed by atoms with Crippen LogP contribution in [0.15, 0.2) is 65.3 Å². The normalized spacial score (nSPS) is 11.4. The highest BCUT2D eigenvalue weighted by atomic mass is 79.9. The summed E-state index contributed by atoms with van der Waals surface area (Å²) >= 11 is 3.71. The number of hydrogen-bond acceptors (Lipinski definition) is 1. The molecule has 90 valence electrons. The molecule has 0 amide bonds. The fourth-order valence-electron chi connectivity index (χ4n) is 2.64. The highest BCUT2D eigenvalue weighted by Crippen LogP contribution is 2.35. The molecule has 1 heterocycles. The molecule has 0 fully saturated rings. The standard InChI is InChI=1S/C17H10BrN/c18-16-14-8-7-11-4-1-2-6-13(11)15(14)10-12-5-3-9-19-17(12)16/h1-10H. The molecule has 0 N–H and O–H groups in total. The van der Waals surface area contributed by atoms with Crippen molar-refractivity contribution in [3.8, 4) is 0 Å². The van der Waals surface area contributed by atoms with Gasteiger partial charge in [0.1, 0.15) is 0 Å². The molecule has 4 aromatic rings. The molecule has 0 saturated carbocycles. The molecule has 3 aromatic carbocycles. The summed E-state index contributed by atoms with van der Waals surface area (Å²) in [5.74, 6) is 0. The van der Waals surface area contributed by atoms with Gasteiger partial charge < -0.3 is 0 Å². The Balaban J connectivity index is 2.32. The molecular formula is C17H10BrN. The maximum Gasteiger partial charge on any atom is 0.0850 e. The van der Waals surface area contributed by atoms with Gasteiger partial charge in [-0.25, -0.2) is 0 Å². The lowest BCUT2D eigenvalue weighted by atomic mass is 10.00. The van der Waals surface area contributed by atoms with Crippen LogP contribution in [0.3, 0.4) is 0 Å². The summed E-state index contributed by atoms with van der Waals surface area (Å²) in [4.78, 5) is 4.46. The third kappa shape index (κ3) is 1.57. The van der Waals surface area contributed by atoms with Crippen LogP contribution >= 0.6 is 15.9 Å². The average molecular weight is 308 g/mol. The van der Waals surface area contributed by atoms with Crippen molar-refractivity contribution >= 4 is 48.4 Å². The fraction of sp³-hybridized carbons (Fsp3) is 0. The summed E-state index contributed by atoms with van der Waals surface area (Å²) in [6, 6.07) is 19.1. The van der Waals surface area contributed by atoms with Gasteiger partial charge >= 0.3 is 0 Å². The van der Waals surface area contributed by atoms with E-state index in [2.05, 4.69) is 69.4 Å². The second-order valence-electron chi connectivity index (χ2n) is 4.65. The number of rotatable bonds is 0. The highest BCUT2D eigenvalue weighted by molar-refractivity contribution is 9.10. The van der Waals surface area contributed by atoms with Crippen LogP contribution in [0.25, 0.3) is 32.4 Å².